The van der Waals surface area contributed by atoms with Gasteiger partial charge < -0.3 is 20.5 Å². The van der Waals surface area contributed by atoms with Gasteiger partial charge in [-0.3, -0.25) is 14.4 Å². The summed E-state index contributed by atoms with van der Waals surface area (Å²) in [7, 11) is -4.33. The van der Waals surface area contributed by atoms with Crippen LogP contribution in [0.5, 0.6) is 5.75 Å². The number of halogens is 4. The second-order valence-electron chi connectivity index (χ2n) is 10.5. The summed E-state index contributed by atoms with van der Waals surface area (Å²) >= 11 is 0. The number of carbonyl (C=O) groups is 2. The number of rotatable bonds is 7. The van der Waals surface area contributed by atoms with Crippen molar-refractivity contribution in [1.29, 1.82) is 0 Å². The number of hydrogen-bond donors (Lipinski definition) is 3. The van der Waals surface area contributed by atoms with Crippen molar-refractivity contribution in [2.75, 3.05) is 22.7 Å². The summed E-state index contributed by atoms with van der Waals surface area (Å²) in [6.07, 6.45) is -4.42. The predicted octanol–water partition coefficient (Wildman–Crippen LogP) is 4.06. The molecule has 1 fully saturated rings. The molecule has 1 aliphatic carbocycles. The number of nitrogens with zero attached hydrogens (tertiary/aromatic N) is 1. The number of alkyl halides is 3. The first-order valence-electron chi connectivity index (χ1n) is 12.7. The zero-order valence-electron chi connectivity index (χ0n) is 22.3. The third kappa shape index (κ3) is 6.50. The number of nitrogens with two attached hydrogens (primary N) is 1. The summed E-state index contributed by atoms with van der Waals surface area (Å²) in [5, 5.41) is 4.90. The summed E-state index contributed by atoms with van der Waals surface area (Å²) in [5.74, 6) is -0.974. The van der Waals surface area contributed by atoms with Crippen LogP contribution >= 0.6 is 0 Å². The second kappa shape index (κ2) is 11.0. The van der Waals surface area contributed by atoms with E-state index < -0.39 is 45.4 Å². The van der Waals surface area contributed by atoms with Crippen LogP contribution in [0.1, 0.15) is 39.5 Å². The Balaban J connectivity index is 1.61. The Morgan fingerprint density at radius 3 is 2.37 bits per heavy atom. The molecule has 1 unspecified atom stereocenters. The number of fused-ring (bicyclic) bond motifs is 1. The molecule has 10 nitrogen and oxygen atoms in total. The van der Waals surface area contributed by atoms with E-state index in [9.17, 15) is 35.6 Å². The van der Waals surface area contributed by atoms with Crippen LogP contribution in [0, 0.1) is 5.82 Å². The summed E-state index contributed by atoms with van der Waals surface area (Å²) in [5.41, 5.74) is 2.28. The third-order valence-corrected chi connectivity index (χ3v) is 8.80. The highest BCUT2D eigenvalue weighted by Crippen LogP contribution is 2.39. The number of benzene rings is 2. The first-order valence-corrected chi connectivity index (χ1v) is 14.2. The first kappa shape index (κ1) is 30.4. The summed E-state index contributed by atoms with van der Waals surface area (Å²) in [6.45, 7) is 0.996. The molecular weight excluding hydrogens is 572 g/mol. The molecule has 4 N–H and O–H groups in total. The molecule has 2 amide bonds. The Bertz CT molecular complexity index is 1410. The van der Waals surface area contributed by atoms with E-state index in [2.05, 4.69) is 15.4 Å². The van der Waals surface area contributed by atoms with Crippen molar-refractivity contribution >= 4 is 33.4 Å². The summed E-state index contributed by atoms with van der Waals surface area (Å²) < 4.78 is 91.6. The van der Waals surface area contributed by atoms with E-state index in [1.165, 1.54) is 18.2 Å². The lowest BCUT2D eigenvalue weighted by Gasteiger charge is -2.36. The molecule has 2 aromatic carbocycles. The molecule has 0 spiro atoms. The molecule has 15 heteroatoms. The minimum atomic E-state index is -4.83. The molecule has 2 aromatic rings. The minimum absolute atomic E-state index is 0.0455. The molecule has 224 valence electrons. The summed E-state index contributed by atoms with van der Waals surface area (Å²) in [6, 6.07) is 7.91. The second-order valence-corrected chi connectivity index (χ2v) is 12.4. The third-order valence-electron chi connectivity index (χ3n) is 7.01. The lowest BCUT2D eigenvalue weighted by Crippen LogP contribution is -2.55. The van der Waals surface area contributed by atoms with Crippen LogP contribution in [0.25, 0.3) is 0 Å². The Labute approximate surface area is 234 Å². The van der Waals surface area contributed by atoms with Crippen molar-refractivity contribution in [1.82, 2.24) is 5.32 Å². The number of hydrogen-bond acceptors (Lipinski definition) is 7. The lowest BCUT2D eigenvalue weighted by atomic mass is 9.98. The fourth-order valence-corrected chi connectivity index (χ4v) is 6.00. The maximum atomic E-state index is 13.6. The Kier molecular flexibility index (Phi) is 8.15. The van der Waals surface area contributed by atoms with Gasteiger partial charge in [0.05, 0.1) is 29.2 Å². The van der Waals surface area contributed by atoms with E-state index in [1.54, 1.807) is 0 Å². The highest BCUT2D eigenvalue weighted by atomic mass is 32.2. The maximum Gasteiger partial charge on any atom is 0.427 e. The minimum Gasteiger partial charge on any atom is -0.484 e. The molecule has 0 radical (unpaired) electrons. The Hall–Kier alpha value is -3.59. The fraction of sp³-hybridized carbons (Fsp3) is 0.462. The normalized spacial score (nSPS) is 18.7. The molecular formula is C26H30F4N4O6S. The van der Waals surface area contributed by atoms with Gasteiger partial charge in [-0.25, -0.2) is 17.6 Å². The van der Waals surface area contributed by atoms with Crippen LogP contribution in [0.4, 0.5) is 33.7 Å². The highest BCUT2D eigenvalue weighted by Gasteiger charge is 2.51. The number of anilines is 2. The van der Waals surface area contributed by atoms with Gasteiger partial charge in [-0.2, -0.15) is 13.2 Å². The number of carbonyl (C=O) groups excluding carboxylic acids is 2. The van der Waals surface area contributed by atoms with Crippen molar-refractivity contribution in [2.45, 2.75) is 67.8 Å². The van der Waals surface area contributed by atoms with Gasteiger partial charge in [0.1, 0.15) is 17.7 Å². The van der Waals surface area contributed by atoms with E-state index in [0.717, 1.165) is 41.4 Å². The van der Waals surface area contributed by atoms with Crippen LogP contribution in [0.15, 0.2) is 47.4 Å². The van der Waals surface area contributed by atoms with Gasteiger partial charge in [0, 0.05) is 5.69 Å². The van der Waals surface area contributed by atoms with Crippen LogP contribution in [0.2, 0.25) is 0 Å². The molecule has 4 rings (SSSR count). The van der Waals surface area contributed by atoms with E-state index in [1.807, 2.05) is 0 Å². The van der Waals surface area contributed by atoms with Crippen LogP contribution in [-0.2, 0) is 19.6 Å². The molecule has 1 saturated carbocycles. The number of ether oxygens (including phenoxy) is 2. The van der Waals surface area contributed by atoms with Crippen molar-refractivity contribution in [3.8, 4) is 5.75 Å². The van der Waals surface area contributed by atoms with E-state index >= 15 is 0 Å². The topological polar surface area (TPSA) is 140 Å². The lowest BCUT2D eigenvalue weighted by molar-refractivity contribution is -0.242. The van der Waals surface area contributed by atoms with Gasteiger partial charge in [-0.15, -0.1) is 0 Å². The average Bonchev–Trinajstić information content (AvgIpc) is 3.33. The molecule has 1 atom stereocenters. The molecule has 1 aliphatic heterocycles. The molecule has 2 aliphatic rings. The Morgan fingerprint density at radius 2 is 1.76 bits per heavy atom. The maximum absolute atomic E-state index is 13.6. The van der Waals surface area contributed by atoms with Crippen molar-refractivity contribution < 1.29 is 45.0 Å². The quantitative estimate of drug-likeness (QED) is 0.406. The van der Waals surface area contributed by atoms with Crippen LogP contribution in [0.3, 0.4) is 0 Å². The zero-order chi connectivity index (χ0) is 30.2. The zero-order valence-corrected chi connectivity index (χ0v) is 23.1. The van der Waals surface area contributed by atoms with Gasteiger partial charge in [0.15, 0.2) is 0 Å². The summed E-state index contributed by atoms with van der Waals surface area (Å²) in [4.78, 5) is 24.7. The SMILES string of the molecule is CC(C)(OC(=O)Nc1ccc2c(c1)N(S(=O)(=O)c1ccc(F)cc1)CC(CNC(=O)C1(N)CCCC1)O2)C(F)(F)F. The smallest absolute Gasteiger partial charge is 0.427 e. The van der Waals surface area contributed by atoms with Crippen molar-refractivity contribution in [3.63, 3.8) is 0 Å². The molecule has 1 heterocycles. The van der Waals surface area contributed by atoms with Gasteiger partial charge in [-0.05, 0) is 69.2 Å². The number of nitrogens with one attached hydrogen (secondary N) is 2. The van der Waals surface area contributed by atoms with Crippen LogP contribution in [-0.4, -0.2) is 56.9 Å². The van der Waals surface area contributed by atoms with E-state index in [-0.39, 0.29) is 41.0 Å². The fourth-order valence-electron chi connectivity index (χ4n) is 4.51. The van der Waals surface area contributed by atoms with Crippen molar-refractivity contribution in [3.05, 3.63) is 48.3 Å². The van der Waals surface area contributed by atoms with Gasteiger partial charge >= 0.3 is 12.3 Å². The Morgan fingerprint density at radius 1 is 1.12 bits per heavy atom. The average molecular weight is 603 g/mol. The van der Waals surface area contributed by atoms with Gasteiger partial charge in [-0.1, -0.05) is 12.8 Å². The van der Waals surface area contributed by atoms with E-state index in [4.69, 9.17) is 10.5 Å². The largest absolute Gasteiger partial charge is 0.484 e. The number of sulfonamides is 1. The van der Waals surface area contributed by atoms with Crippen LogP contribution < -0.4 is 25.4 Å². The van der Waals surface area contributed by atoms with Gasteiger partial charge in [0.2, 0.25) is 11.5 Å². The van der Waals surface area contributed by atoms with Gasteiger partial charge in [0.25, 0.3) is 10.0 Å². The molecule has 0 aromatic heterocycles. The van der Waals surface area contributed by atoms with E-state index in [0.29, 0.717) is 26.7 Å². The molecule has 0 saturated heterocycles. The highest BCUT2D eigenvalue weighted by molar-refractivity contribution is 7.92. The van der Waals surface area contributed by atoms with Crippen molar-refractivity contribution in [2.24, 2.45) is 5.73 Å². The predicted molar refractivity (Wildman–Crippen MR) is 140 cm³/mol. The molecule has 41 heavy (non-hydrogen) atoms. The monoisotopic (exact) mass is 602 g/mol. The first-order chi connectivity index (χ1) is 19.0. The number of amides is 2. The standard InChI is InChI=1S/C26H30F4N4O6S/c1-24(2,26(28,29)30)40-23(36)33-17-7-10-21-20(13-17)34(41(37,38)19-8-5-16(27)6-9-19)15-18(39-21)14-32-22(35)25(31)11-3-4-12-25/h5-10,13,18H,3-4,11-12,14-15,31H2,1-2H3,(H,32,35)(H,33,36). The molecule has 0 bridgehead atoms.